The summed E-state index contributed by atoms with van der Waals surface area (Å²) in [7, 11) is 1.96. The summed E-state index contributed by atoms with van der Waals surface area (Å²) in [6.07, 6.45) is 4.01. The van der Waals surface area contributed by atoms with Crippen molar-refractivity contribution in [3.8, 4) is 17.2 Å². The van der Waals surface area contributed by atoms with Gasteiger partial charge in [-0.15, -0.1) is 0 Å². The van der Waals surface area contributed by atoms with E-state index in [2.05, 4.69) is 21.5 Å². The van der Waals surface area contributed by atoms with Gasteiger partial charge in [-0.3, -0.25) is 4.79 Å². The van der Waals surface area contributed by atoms with Crippen molar-refractivity contribution >= 4 is 33.8 Å². The molecule has 0 bridgehead atoms. The Morgan fingerprint density at radius 3 is 2.89 bits per heavy atom. The number of ether oxygens (including phenoxy) is 2. The van der Waals surface area contributed by atoms with Gasteiger partial charge >= 0.3 is 0 Å². The first-order chi connectivity index (χ1) is 18.4. The van der Waals surface area contributed by atoms with Crippen LogP contribution in [0.15, 0.2) is 61.7 Å². The Hall–Kier alpha value is -4.77. The summed E-state index contributed by atoms with van der Waals surface area (Å²) in [5.41, 5.74) is 11.0. The summed E-state index contributed by atoms with van der Waals surface area (Å²) in [5, 5.41) is 5.45. The summed E-state index contributed by atoms with van der Waals surface area (Å²) in [4.78, 5) is 27.0. The summed E-state index contributed by atoms with van der Waals surface area (Å²) in [6.45, 7) is 6.75. The summed E-state index contributed by atoms with van der Waals surface area (Å²) >= 11 is 0. The van der Waals surface area contributed by atoms with Gasteiger partial charge in [0.25, 0.3) is 0 Å². The van der Waals surface area contributed by atoms with Crippen molar-refractivity contribution in [2.24, 2.45) is 7.05 Å². The van der Waals surface area contributed by atoms with Crippen molar-refractivity contribution in [3.63, 3.8) is 0 Å². The van der Waals surface area contributed by atoms with Crippen molar-refractivity contribution in [2.75, 3.05) is 25.4 Å². The van der Waals surface area contributed by atoms with Crippen LogP contribution in [0.2, 0.25) is 0 Å². The van der Waals surface area contributed by atoms with E-state index in [0.717, 1.165) is 22.3 Å². The molecule has 1 fully saturated rings. The molecular formula is C27H26N8O3. The number of morpholine rings is 1. The normalized spacial score (nSPS) is 15.7. The van der Waals surface area contributed by atoms with Gasteiger partial charge in [-0.05, 0) is 48.9 Å². The van der Waals surface area contributed by atoms with Crippen LogP contribution in [-0.4, -0.2) is 59.8 Å². The van der Waals surface area contributed by atoms with Crippen LogP contribution < -0.4 is 10.5 Å². The van der Waals surface area contributed by atoms with Crippen LogP contribution in [0.3, 0.4) is 0 Å². The van der Waals surface area contributed by atoms with Gasteiger partial charge in [0.15, 0.2) is 5.65 Å². The highest BCUT2D eigenvalue weighted by molar-refractivity contribution is 5.90. The van der Waals surface area contributed by atoms with Gasteiger partial charge in [0, 0.05) is 19.7 Å². The lowest BCUT2D eigenvalue weighted by molar-refractivity contribution is -0.133. The molecule has 1 aliphatic rings. The maximum Gasteiger partial charge on any atom is 0.246 e. The zero-order chi connectivity index (χ0) is 26.4. The molecule has 38 heavy (non-hydrogen) atoms. The van der Waals surface area contributed by atoms with Crippen LogP contribution in [0.4, 0.5) is 5.82 Å². The molecule has 1 saturated heterocycles. The molecule has 1 amide bonds. The SMILES string of the molecule is C=CC(=O)N1CCOC(c2nn(-c3ccc(Oc4ccc5c(c4)ncn5C)c(C)c3)c3ncnc(N)c23)C1. The average Bonchev–Trinajstić information content (AvgIpc) is 3.51. The zero-order valence-corrected chi connectivity index (χ0v) is 21.0. The minimum Gasteiger partial charge on any atom is -0.457 e. The lowest BCUT2D eigenvalue weighted by Crippen LogP contribution is -2.41. The molecule has 0 radical (unpaired) electrons. The lowest BCUT2D eigenvalue weighted by Gasteiger charge is -2.31. The smallest absolute Gasteiger partial charge is 0.246 e. The number of rotatable bonds is 5. The van der Waals surface area contributed by atoms with E-state index in [1.807, 2.05) is 54.9 Å². The summed E-state index contributed by atoms with van der Waals surface area (Å²) in [5.74, 6) is 1.56. The van der Waals surface area contributed by atoms with Crippen LogP contribution in [0.25, 0.3) is 27.8 Å². The van der Waals surface area contributed by atoms with Crippen molar-refractivity contribution < 1.29 is 14.3 Å². The van der Waals surface area contributed by atoms with Crippen LogP contribution in [0, 0.1) is 6.92 Å². The number of anilines is 1. The topological polar surface area (TPSA) is 126 Å². The molecule has 2 aromatic carbocycles. The quantitative estimate of drug-likeness (QED) is 0.356. The van der Waals surface area contributed by atoms with Crippen LogP contribution in [0.1, 0.15) is 17.4 Å². The van der Waals surface area contributed by atoms with Gasteiger partial charge in [-0.25, -0.2) is 19.6 Å². The molecule has 0 aliphatic carbocycles. The minimum atomic E-state index is -0.477. The first-order valence-corrected chi connectivity index (χ1v) is 12.1. The molecule has 192 valence electrons. The average molecular weight is 511 g/mol. The molecule has 0 saturated carbocycles. The third-order valence-corrected chi connectivity index (χ3v) is 6.71. The number of nitrogens with zero attached hydrogens (tertiary/aromatic N) is 7. The van der Waals surface area contributed by atoms with Crippen LogP contribution in [0.5, 0.6) is 11.5 Å². The van der Waals surface area contributed by atoms with E-state index < -0.39 is 6.10 Å². The number of imidazole rings is 1. The third-order valence-electron chi connectivity index (χ3n) is 6.71. The molecular weight excluding hydrogens is 484 g/mol. The number of hydrogen-bond acceptors (Lipinski definition) is 8. The maximum absolute atomic E-state index is 12.2. The third kappa shape index (κ3) is 4.02. The van der Waals surface area contributed by atoms with Crippen molar-refractivity contribution in [3.05, 3.63) is 73.0 Å². The Labute approximate surface area is 218 Å². The molecule has 4 heterocycles. The lowest BCUT2D eigenvalue weighted by atomic mass is 10.1. The Bertz CT molecular complexity index is 1710. The Kier molecular flexibility index (Phi) is 5.76. The molecule has 1 aliphatic heterocycles. The summed E-state index contributed by atoms with van der Waals surface area (Å²) in [6, 6.07) is 11.6. The molecule has 11 nitrogen and oxygen atoms in total. The first-order valence-electron chi connectivity index (χ1n) is 12.1. The molecule has 6 rings (SSSR count). The van der Waals surface area contributed by atoms with Crippen molar-refractivity contribution in [1.29, 1.82) is 0 Å². The van der Waals surface area contributed by atoms with E-state index in [4.69, 9.17) is 20.3 Å². The highest BCUT2D eigenvalue weighted by Crippen LogP contribution is 2.34. The fourth-order valence-electron chi connectivity index (χ4n) is 4.74. The number of nitrogens with two attached hydrogens (primary N) is 1. The number of nitrogen functional groups attached to an aromatic ring is 1. The second-order valence-corrected chi connectivity index (χ2v) is 9.16. The van der Waals surface area contributed by atoms with Crippen LogP contribution >= 0.6 is 0 Å². The van der Waals surface area contributed by atoms with E-state index in [1.165, 1.54) is 12.4 Å². The van der Waals surface area contributed by atoms with Gasteiger partial charge < -0.3 is 24.7 Å². The van der Waals surface area contributed by atoms with E-state index in [9.17, 15) is 4.79 Å². The fraction of sp³-hybridized carbons (Fsp3) is 0.222. The van der Waals surface area contributed by atoms with E-state index in [1.54, 1.807) is 15.9 Å². The number of aromatic nitrogens is 6. The predicted molar refractivity (Wildman–Crippen MR) is 142 cm³/mol. The highest BCUT2D eigenvalue weighted by atomic mass is 16.5. The largest absolute Gasteiger partial charge is 0.457 e. The molecule has 0 spiro atoms. The molecule has 1 atom stereocenters. The van der Waals surface area contributed by atoms with E-state index >= 15 is 0 Å². The van der Waals surface area contributed by atoms with Gasteiger partial charge in [0.2, 0.25) is 5.91 Å². The fourth-order valence-corrected chi connectivity index (χ4v) is 4.74. The monoisotopic (exact) mass is 510 g/mol. The number of carbonyl (C=O) groups is 1. The maximum atomic E-state index is 12.2. The van der Waals surface area contributed by atoms with Gasteiger partial charge in [0.05, 0.1) is 41.6 Å². The molecule has 2 N–H and O–H groups in total. The number of carbonyl (C=O) groups excluding carboxylic acids is 1. The molecule has 11 heteroatoms. The Morgan fingerprint density at radius 1 is 1.21 bits per heavy atom. The van der Waals surface area contributed by atoms with Gasteiger partial charge in [-0.1, -0.05) is 6.58 Å². The number of aryl methyl sites for hydroxylation is 2. The van der Waals surface area contributed by atoms with E-state index in [-0.39, 0.29) is 5.91 Å². The van der Waals surface area contributed by atoms with E-state index in [0.29, 0.717) is 53.7 Å². The van der Waals surface area contributed by atoms with Gasteiger partial charge in [0.1, 0.15) is 35.4 Å². The molecule has 5 aromatic rings. The zero-order valence-electron chi connectivity index (χ0n) is 21.0. The molecule has 3 aromatic heterocycles. The van der Waals surface area contributed by atoms with Crippen molar-refractivity contribution in [2.45, 2.75) is 13.0 Å². The second-order valence-electron chi connectivity index (χ2n) is 9.16. The first kappa shape index (κ1) is 23.6. The van der Waals surface area contributed by atoms with Crippen molar-refractivity contribution in [1.82, 2.24) is 34.2 Å². The number of fused-ring (bicyclic) bond motifs is 2. The highest BCUT2D eigenvalue weighted by Gasteiger charge is 2.30. The number of hydrogen-bond donors (Lipinski definition) is 1. The second kappa shape index (κ2) is 9.27. The van der Waals surface area contributed by atoms with Gasteiger partial charge in [-0.2, -0.15) is 5.10 Å². The number of amides is 1. The number of benzene rings is 2. The summed E-state index contributed by atoms with van der Waals surface area (Å²) < 4.78 is 15.9. The van der Waals surface area contributed by atoms with Crippen LogP contribution in [-0.2, 0) is 16.6 Å². The minimum absolute atomic E-state index is 0.153. The predicted octanol–water partition coefficient (Wildman–Crippen LogP) is 3.47. The Morgan fingerprint density at radius 2 is 2.08 bits per heavy atom. The Balaban J connectivity index is 1.35. The standard InChI is InChI=1S/C27H26N8O3/c1-4-23(36)34-9-10-37-22(13-34)25-24-26(28)29-14-30-27(24)35(32-25)17-5-8-21(16(2)11-17)38-18-6-7-20-19(12-18)31-15-33(20)3/h4-8,11-12,14-15,22H,1,9-10,13H2,2-3H3,(H2,28,29,30). The molecule has 1 unspecified atom stereocenters.